The third kappa shape index (κ3) is 2.09. The zero-order valence-electron chi connectivity index (χ0n) is 11.3. The van der Waals surface area contributed by atoms with Crippen LogP contribution in [0.5, 0.6) is 5.75 Å². The highest BCUT2D eigenvalue weighted by molar-refractivity contribution is 7.89. The van der Waals surface area contributed by atoms with Crippen LogP contribution in [0, 0.1) is 6.92 Å². The van der Waals surface area contributed by atoms with Crippen molar-refractivity contribution in [3.8, 4) is 16.9 Å². The lowest BCUT2D eigenvalue weighted by Gasteiger charge is -2.10. The Bertz CT molecular complexity index is 782. The maximum atomic E-state index is 12.3. The highest BCUT2D eigenvalue weighted by Crippen LogP contribution is 2.35. The lowest BCUT2D eigenvalue weighted by atomic mass is 9.98. The lowest BCUT2D eigenvalue weighted by molar-refractivity contribution is 0.414. The van der Waals surface area contributed by atoms with Crippen LogP contribution in [0.4, 0.5) is 0 Å². The molecule has 0 spiro atoms. The Morgan fingerprint density at radius 3 is 2.65 bits per heavy atom. The summed E-state index contributed by atoms with van der Waals surface area (Å²) in [6.07, 6.45) is 0. The van der Waals surface area contributed by atoms with Gasteiger partial charge in [0.25, 0.3) is 0 Å². The fraction of sp³-hybridized carbons (Fsp3) is 0.200. The van der Waals surface area contributed by atoms with Gasteiger partial charge in [-0.3, -0.25) is 0 Å². The van der Waals surface area contributed by atoms with Crippen molar-refractivity contribution in [1.82, 2.24) is 4.72 Å². The van der Waals surface area contributed by atoms with E-state index in [0.29, 0.717) is 4.90 Å². The van der Waals surface area contributed by atoms with Crippen molar-refractivity contribution < 1.29 is 13.2 Å². The Kier molecular flexibility index (Phi) is 3.03. The molecule has 1 N–H and O–H groups in total. The van der Waals surface area contributed by atoms with E-state index in [9.17, 15) is 8.42 Å². The van der Waals surface area contributed by atoms with Crippen molar-refractivity contribution in [1.29, 1.82) is 0 Å². The number of aryl methyl sites for hydroxylation is 1. The molecule has 0 bridgehead atoms. The number of benzene rings is 2. The van der Waals surface area contributed by atoms with E-state index in [1.54, 1.807) is 13.2 Å². The predicted octanol–water partition coefficient (Wildman–Crippen LogP) is 2.46. The van der Waals surface area contributed by atoms with Gasteiger partial charge in [0.15, 0.2) is 0 Å². The van der Waals surface area contributed by atoms with Gasteiger partial charge in [-0.15, -0.1) is 0 Å². The fourth-order valence-electron chi connectivity index (χ4n) is 2.45. The Labute approximate surface area is 118 Å². The van der Waals surface area contributed by atoms with Gasteiger partial charge in [0, 0.05) is 12.1 Å². The van der Waals surface area contributed by atoms with E-state index >= 15 is 0 Å². The Balaban J connectivity index is 2.32. The molecule has 1 heterocycles. The van der Waals surface area contributed by atoms with Crippen LogP contribution in [0.1, 0.15) is 11.1 Å². The molecule has 5 heteroatoms. The third-order valence-electron chi connectivity index (χ3n) is 3.48. The molecule has 0 aromatic heterocycles. The summed E-state index contributed by atoms with van der Waals surface area (Å²) < 4.78 is 32.4. The maximum absolute atomic E-state index is 12.3. The standard InChI is InChI=1S/C15H15NO3S/c1-10-3-6-15-14(7-10)13-5-4-12(19-2)8-11(13)9-16-20(15,17)18/h3-8,16H,9H2,1-2H3. The maximum Gasteiger partial charge on any atom is 0.241 e. The number of ether oxygens (including phenoxy) is 1. The molecule has 0 saturated carbocycles. The van der Waals surface area contributed by atoms with Gasteiger partial charge in [0.1, 0.15) is 5.75 Å². The summed E-state index contributed by atoms with van der Waals surface area (Å²) in [4.78, 5) is 0.326. The number of nitrogens with one attached hydrogen (secondary N) is 1. The van der Waals surface area contributed by atoms with Gasteiger partial charge in [-0.2, -0.15) is 0 Å². The smallest absolute Gasteiger partial charge is 0.241 e. The van der Waals surface area contributed by atoms with Crippen LogP contribution >= 0.6 is 0 Å². The average molecular weight is 289 g/mol. The lowest BCUT2D eigenvalue weighted by Crippen LogP contribution is -2.21. The first kappa shape index (κ1) is 13.1. The molecule has 3 rings (SSSR count). The van der Waals surface area contributed by atoms with E-state index < -0.39 is 10.0 Å². The second-order valence-corrected chi connectivity index (χ2v) is 6.58. The first-order valence-electron chi connectivity index (χ1n) is 6.29. The van der Waals surface area contributed by atoms with E-state index in [0.717, 1.165) is 28.0 Å². The fourth-order valence-corrected chi connectivity index (χ4v) is 3.65. The molecule has 104 valence electrons. The second kappa shape index (κ2) is 4.61. The summed E-state index contributed by atoms with van der Waals surface area (Å²) in [5.41, 5.74) is 3.62. The van der Waals surface area contributed by atoms with Crippen molar-refractivity contribution in [3.05, 3.63) is 47.5 Å². The van der Waals surface area contributed by atoms with Gasteiger partial charge in [0.2, 0.25) is 10.0 Å². The van der Waals surface area contributed by atoms with Crippen LogP contribution < -0.4 is 9.46 Å². The molecule has 0 fully saturated rings. The molecule has 1 aliphatic heterocycles. The number of methoxy groups -OCH3 is 1. The van der Waals surface area contributed by atoms with Crippen LogP contribution in [0.15, 0.2) is 41.3 Å². The molecule has 1 aliphatic rings. The molecule has 0 radical (unpaired) electrons. The van der Waals surface area contributed by atoms with Gasteiger partial charge in [0.05, 0.1) is 12.0 Å². The molecule has 2 aromatic carbocycles. The number of fused-ring (bicyclic) bond motifs is 3. The summed E-state index contributed by atoms with van der Waals surface area (Å²) in [6.45, 7) is 2.22. The third-order valence-corrected chi connectivity index (χ3v) is 4.94. The number of hydrogen-bond donors (Lipinski definition) is 1. The molecule has 0 saturated heterocycles. The predicted molar refractivity (Wildman–Crippen MR) is 77.2 cm³/mol. The topological polar surface area (TPSA) is 55.4 Å². The minimum absolute atomic E-state index is 0.266. The van der Waals surface area contributed by atoms with Crippen LogP contribution in [-0.2, 0) is 16.6 Å². The average Bonchev–Trinajstić information content (AvgIpc) is 2.54. The summed E-state index contributed by atoms with van der Waals surface area (Å²) in [5, 5.41) is 0. The van der Waals surface area contributed by atoms with E-state index in [1.807, 2.05) is 37.3 Å². The van der Waals surface area contributed by atoms with E-state index in [1.165, 1.54) is 0 Å². The van der Waals surface area contributed by atoms with E-state index in [-0.39, 0.29) is 6.54 Å². The van der Waals surface area contributed by atoms with Gasteiger partial charge in [-0.25, -0.2) is 13.1 Å². The van der Waals surface area contributed by atoms with Gasteiger partial charge >= 0.3 is 0 Å². The molecule has 2 aromatic rings. The molecular formula is C15H15NO3S. The van der Waals surface area contributed by atoms with Crippen molar-refractivity contribution in [2.24, 2.45) is 0 Å². The molecule has 0 aliphatic carbocycles. The Morgan fingerprint density at radius 2 is 1.90 bits per heavy atom. The largest absolute Gasteiger partial charge is 0.497 e. The van der Waals surface area contributed by atoms with Crippen molar-refractivity contribution in [2.45, 2.75) is 18.4 Å². The Hall–Kier alpha value is -1.85. The second-order valence-electron chi connectivity index (χ2n) is 4.85. The summed E-state index contributed by atoms with van der Waals surface area (Å²) >= 11 is 0. The van der Waals surface area contributed by atoms with E-state index in [4.69, 9.17) is 4.74 Å². The Morgan fingerprint density at radius 1 is 1.10 bits per heavy atom. The first-order chi connectivity index (χ1) is 9.51. The minimum Gasteiger partial charge on any atom is -0.497 e. The van der Waals surface area contributed by atoms with Gasteiger partial charge in [-0.1, -0.05) is 23.8 Å². The number of hydrogen-bond acceptors (Lipinski definition) is 3. The summed E-state index contributed by atoms with van der Waals surface area (Å²) in [7, 11) is -1.88. The molecule has 0 atom stereocenters. The van der Waals surface area contributed by atoms with Crippen molar-refractivity contribution in [3.63, 3.8) is 0 Å². The van der Waals surface area contributed by atoms with Crippen molar-refractivity contribution in [2.75, 3.05) is 7.11 Å². The molecule has 20 heavy (non-hydrogen) atoms. The highest BCUT2D eigenvalue weighted by atomic mass is 32.2. The first-order valence-corrected chi connectivity index (χ1v) is 7.77. The number of rotatable bonds is 1. The van der Waals surface area contributed by atoms with Crippen LogP contribution in [-0.4, -0.2) is 15.5 Å². The minimum atomic E-state index is -3.47. The number of sulfonamides is 1. The molecular weight excluding hydrogens is 274 g/mol. The zero-order chi connectivity index (χ0) is 14.3. The summed E-state index contributed by atoms with van der Waals surface area (Å²) in [6, 6.07) is 11.0. The highest BCUT2D eigenvalue weighted by Gasteiger charge is 2.24. The summed E-state index contributed by atoms with van der Waals surface area (Å²) in [5.74, 6) is 0.721. The van der Waals surface area contributed by atoms with Crippen molar-refractivity contribution >= 4 is 10.0 Å². The monoisotopic (exact) mass is 289 g/mol. The van der Waals surface area contributed by atoms with Crippen LogP contribution in [0.25, 0.3) is 11.1 Å². The van der Waals surface area contributed by atoms with E-state index in [2.05, 4.69) is 4.72 Å². The van der Waals surface area contributed by atoms with Gasteiger partial charge in [-0.05, 0) is 36.2 Å². The molecule has 0 unspecified atom stereocenters. The molecule has 0 amide bonds. The zero-order valence-corrected chi connectivity index (χ0v) is 12.1. The van der Waals surface area contributed by atoms with Gasteiger partial charge < -0.3 is 4.74 Å². The van der Waals surface area contributed by atoms with Crippen LogP contribution in [0.3, 0.4) is 0 Å². The normalized spacial score (nSPS) is 15.9. The van der Waals surface area contributed by atoms with Crippen LogP contribution in [0.2, 0.25) is 0 Å². The molecule has 4 nitrogen and oxygen atoms in total. The SMILES string of the molecule is COc1ccc2c(c1)CNS(=O)(=O)c1ccc(C)cc1-2. The quantitative estimate of drug-likeness (QED) is 0.877.